The molecule has 0 radical (unpaired) electrons. The second-order valence-corrected chi connectivity index (χ2v) is 8.01. The number of hydroxylamine groups is 3. The molecule has 3 fully saturated rings. The van der Waals surface area contributed by atoms with Gasteiger partial charge in [-0.15, -0.1) is 4.28 Å². The standard InChI is InChI=1S/C12H20N4O7S/c1-12(2)4-7(10(17)14-22-8-3-6(8)13)15-5-9(12)16(11(15)18)23-24(19,20)21/h6-9H,3-5,13H2,1-2H3,(H,14,17)(H,19,20,21). The number of urea groups is 1. The molecule has 0 spiro atoms. The highest BCUT2D eigenvalue weighted by Crippen LogP contribution is 2.42. The summed E-state index contributed by atoms with van der Waals surface area (Å²) in [5, 5.41) is 0.611. The minimum absolute atomic E-state index is 0.0996. The number of nitrogens with zero attached hydrogens (tertiary/aromatic N) is 2. The topological polar surface area (TPSA) is 151 Å². The van der Waals surface area contributed by atoms with Crippen molar-refractivity contribution in [3.63, 3.8) is 0 Å². The SMILES string of the molecule is CC1(C)CC(C(=O)NOC2CC2N)N2CC1N(OS(=O)(=O)O)C2=O. The lowest BCUT2D eigenvalue weighted by Gasteiger charge is -2.40. The lowest BCUT2D eigenvalue weighted by molar-refractivity contribution is -0.142. The number of fused-ring (bicyclic) bond motifs is 2. The molecule has 3 aliphatic rings. The fraction of sp³-hybridized carbons (Fsp3) is 0.833. The molecule has 0 aromatic carbocycles. The number of carbonyl (C=O) groups is 2. The number of amides is 3. The van der Waals surface area contributed by atoms with Gasteiger partial charge in [-0.2, -0.15) is 13.5 Å². The number of piperidine rings is 1. The minimum Gasteiger partial charge on any atom is -0.325 e. The Bertz CT molecular complexity index is 666. The fourth-order valence-corrected chi connectivity index (χ4v) is 3.49. The van der Waals surface area contributed by atoms with Gasteiger partial charge in [0.2, 0.25) is 0 Å². The molecule has 136 valence electrons. The van der Waals surface area contributed by atoms with Crippen LogP contribution >= 0.6 is 0 Å². The van der Waals surface area contributed by atoms with E-state index in [1.165, 1.54) is 4.90 Å². The highest BCUT2D eigenvalue weighted by Gasteiger charge is 2.57. The summed E-state index contributed by atoms with van der Waals surface area (Å²) in [6, 6.07) is -2.36. The van der Waals surface area contributed by atoms with Gasteiger partial charge in [-0.1, -0.05) is 13.8 Å². The number of carbonyl (C=O) groups excluding carboxylic acids is 2. The summed E-state index contributed by atoms with van der Waals surface area (Å²) >= 11 is 0. The summed E-state index contributed by atoms with van der Waals surface area (Å²) in [6.45, 7) is 3.67. The van der Waals surface area contributed by atoms with Crippen LogP contribution in [0.4, 0.5) is 4.79 Å². The molecule has 2 aliphatic heterocycles. The molecule has 2 bridgehead atoms. The van der Waals surface area contributed by atoms with Gasteiger partial charge in [-0.25, -0.2) is 10.3 Å². The van der Waals surface area contributed by atoms with Crippen LogP contribution < -0.4 is 11.2 Å². The third-order valence-electron chi connectivity index (χ3n) is 4.65. The maximum atomic E-state index is 12.4. The van der Waals surface area contributed by atoms with Crippen LogP contribution in [0.3, 0.4) is 0 Å². The van der Waals surface area contributed by atoms with Gasteiger partial charge in [-0.3, -0.25) is 14.2 Å². The predicted molar refractivity (Wildman–Crippen MR) is 78.2 cm³/mol. The van der Waals surface area contributed by atoms with Crippen LogP contribution in [-0.2, 0) is 24.3 Å². The van der Waals surface area contributed by atoms with Crippen molar-refractivity contribution in [2.45, 2.75) is 50.9 Å². The van der Waals surface area contributed by atoms with Crippen LogP contribution in [0.25, 0.3) is 0 Å². The van der Waals surface area contributed by atoms with E-state index < -0.39 is 39.8 Å². The lowest BCUT2D eigenvalue weighted by Crippen LogP contribution is -2.54. The highest BCUT2D eigenvalue weighted by molar-refractivity contribution is 7.80. The van der Waals surface area contributed by atoms with Crippen LogP contribution in [0.15, 0.2) is 0 Å². The molecule has 1 saturated carbocycles. The molecule has 24 heavy (non-hydrogen) atoms. The molecule has 4 atom stereocenters. The highest BCUT2D eigenvalue weighted by atomic mass is 32.3. The van der Waals surface area contributed by atoms with Crippen LogP contribution in [0.5, 0.6) is 0 Å². The molecule has 12 heteroatoms. The predicted octanol–water partition coefficient (Wildman–Crippen LogP) is -1.23. The van der Waals surface area contributed by atoms with E-state index in [4.69, 9.17) is 15.1 Å². The first-order valence-electron chi connectivity index (χ1n) is 7.47. The Balaban J connectivity index is 1.74. The van der Waals surface area contributed by atoms with Crippen LogP contribution in [0, 0.1) is 5.41 Å². The van der Waals surface area contributed by atoms with Gasteiger partial charge in [0.1, 0.15) is 12.1 Å². The molecule has 3 rings (SSSR count). The van der Waals surface area contributed by atoms with Gasteiger partial charge >= 0.3 is 16.4 Å². The zero-order valence-corrected chi connectivity index (χ0v) is 14.0. The quantitative estimate of drug-likeness (QED) is 0.405. The Morgan fingerprint density at radius 2 is 2.08 bits per heavy atom. The van der Waals surface area contributed by atoms with E-state index in [-0.39, 0.29) is 25.1 Å². The van der Waals surface area contributed by atoms with Gasteiger partial charge in [0.05, 0.1) is 6.04 Å². The van der Waals surface area contributed by atoms with Gasteiger partial charge in [-0.05, 0) is 18.3 Å². The smallest absolute Gasteiger partial charge is 0.325 e. The van der Waals surface area contributed by atoms with Crippen molar-refractivity contribution in [2.75, 3.05) is 6.54 Å². The zero-order valence-electron chi connectivity index (χ0n) is 13.2. The first-order chi connectivity index (χ1) is 11.0. The Hall–Kier alpha value is -1.47. The lowest BCUT2D eigenvalue weighted by atomic mass is 9.76. The van der Waals surface area contributed by atoms with Crippen LogP contribution in [0.1, 0.15) is 26.7 Å². The summed E-state index contributed by atoms with van der Waals surface area (Å²) in [7, 11) is -4.85. The molecular formula is C12H20N4O7S. The molecule has 0 aromatic rings. The number of hydrogen-bond acceptors (Lipinski definition) is 7. The van der Waals surface area contributed by atoms with Crippen molar-refractivity contribution >= 4 is 22.3 Å². The van der Waals surface area contributed by atoms with Crippen molar-refractivity contribution in [3.8, 4) is 0 Å². The average Bonchev–Trinajstić information content (AvgIpc) is 3.07. The van der Waals surface area contributed by atoms with E-state index in [0.29, 0.717) is 11.5 Å². The molecule has 2 saturated heterocycles. The fourth-order valence-electron chi connectivity index (χ4n) is 3.11. The van der Waals surface area contributed by atoms with E-state index in [2.05, 4.69) is 9.76 Å². The molecule has 3 amide bonds. The van der Waals surface area contributed by atoms with Crippen molar-refractivity contribution in [3.05, 3.63) is 0 Å². The van der Waals surface area contributed by atoms with E-state index in [1.54, 1.807) is 13.8 Å². The largest absolute Gasteiger partial charge is 0.418 e. The van der Waals surface area contributed by atoms with Gasteiger partial charge in [0, 0.05) is 12.6 Å². The first kappa shape index (κ1) is 17.4. The number of nitrogens with one attached hydrogen (secondary N) is 1. The molecule has 4 N–H and O–H groups in total. The van der Waals surface area contributed by atoms with Gasteiger partial charge in [0.25, 0.3) is 5.91 Å². The van der Waals surface area contributed by atoms with E-state index in [1.807, 2.05) is 0 Å². The molecule has 0 aromatic heterocycles. The van der Waals surface area contributed by atoms with E-state index in [9.17, 15) is 18.0 Å². The third-order valence-corrected chi connectivity index (χ3v) is 5.00. The Kier molecular flexibility index (Phi) is 3.99. The van der Waals surface area contributed by atoms with Gasteiger partial charge < -0.3 is 10.6 Å². The van der Waals surface area contributed by atoms with Crippen molar-refractivity contribution in [2.24, 2.45) is 11.1 Å². The normalized spacial score (nSPS) is 34.4. The maximum absolute atomic E-state index is 12.4. The molecule has 4 unspecified atom stereocenters. The second-order valence-electron chi connectivity index (χ2n) is 7.01. The molecule has 1 aliphatic carbocycles. The maximum Gasteiger partial charge on any atom is 0.418 e. The van der Waals surface area contributed by atoms with Crippen molar-refractivity contribution < 1.29 is 31.7 Å². The molecular weight excluding hydrogens is 344 g/mol. The Morgan fingerprint density at radius 1 is 1.46 bits per heavy atom. The minimum atomic E-state index is -4.85. The summed E-state index contributed by atoms with van der Waals surface area (Å²) in [6.07, 6.45) is 0.699. The van der Waals surface area contributed by atoms with Gasteiger partial charge in [0.15, 0.2) is 0 Å². The number of nitrogens with two attached hydrogens (primary N) is 1. The van der Waals surface area contributed by atoms with Crippen molar-refractivity contribution in [1.82, 2.24) is 15.4 Å². The summed E-state index contributed by atoms with van der Waals surface area (Å²) in [4.78, 5) is 31.1. The summed E-state index contributed by atoms with van der Waals surface area (Å²) < 4.78 is 35.2. The molecule has 2 heterocycles. The summed E-state index contributed by atoms with van der Waals surface area (Å²) in [5.41, 5.74) is 7.28. The first-order valence-corrected chi connectivity index (χ1v) is 8.84. The zero-order chi connectivity index (χ0) is 17.9. The van der Waals surface area contributed by atoms with E-state index >= 15 is 0 Å². The van der Waals surface area contributed by atoms with Crippen LogP contribution in [-0.4, -0.2) is 65.6 Å². The Morgan fingerprint density at radius 3 is 2.62 bits per heavy atom. The average molecular weight is 364 g/mol. The Labute approximate surface area is 138 Å². The number of hydrogen-bond donors (Lipinski definition) is 3. The third kappa shape index (κ3) is 3.19. The second kappa shape index (κ2) is 5.52. The monoisotopic (exact) mass is 364 g/mol. The summed E-state index contributed by atoms with van der Waals surface area (Å²) in [5.74, 6) is -0.511. The van der Waals surface area contributed by atoms with E-state index in [0.717, 1.165) is 0 Å². The number of rotatable bonds is 5. The van der Waals surface area contributed by atoms with Crippen molar-refractivity contribution in [1.29, 1.82) is 0 Å². The van der Waals surface area contributed by atoms with Crippen LogP contribution in [0.2, 0.25) is 0 Å². The molecule has 11 nitrogen and oxygen atoms in total.